The van der Waals surface area contributed by atoms with Crippen LogP contribution < -0.4 is 10.6 Å². The summed E-state index contributed by atoms with van der Waals surface area (Å²) in [5.74, 6) is -1.68. The number of nitrogens with one attached hydrogen (secondary N) is 2. The van der Waals surface area contributed by atoms with E-state index in [0.29, 0.717) is 29.1 Å². The highest BCUT2D eigenvalue weighted by atomic mass is 19.1. The van der Waals surface area contributed by atoms with Gasteiger partial charge in [-0.1, -0.05) is 24.3 Å². The van der Waals surface area contributed by atoms with Crippen molar-refractivity contribution in [1.82, 2.24) is 10.2 Å². The Kier molecular flexibility index (Phi) is 6.69. The van der Waals surface area contributed by atoms with Gasteiger partial charge in [-0.25, -0.2) is 14.0 Å². The van der Waals surface area contributed by atoms with Gasteiger partial charge in [-0.3, -0.25) is 9.69 Å². The minimum Gasteiger partial charge on any atom is -0.463 e. The van der Waals surface area contributed by atoms with E-state index in [0.717, 1.165) is 0 Å². The van der Waals surface area contributed by atoms with Gasteiger partial charge in [0.2, 0.25) is 0 Å². The topological polar surface area (TPSA) is 87.7 Å². The first-order valence-corrected chi connectivity index (χ1v) is 9.99. The van der Waals surface area contributed by atoms with Gasteiger partial charge in [0, 0.05) is 17.9 Å². The van der Waals surface area contributed by atoms with Crippen LogP contribution >= 0.6 is 0 Å². The largest absolute Gasteiger partial charge is 0.463 e. The molecule has 2 aromatic rings. The van der Waals surface area contributed by atoms with Gasteiger partial charge in [-0.05, 0) is 50.6 Å². The van der Waals surface area contributed by atoms with Gasteiger partial charge < -0.3 is 15.4 Å². The zero-order chi connectivity index (χ0) is 22.5. The lowest BCUT2D eigenvalue weighted by Crippen LogP contribution is -2.47. The summed E-state index contributed by atoms with van der Waals surface area (Å²) >= 11 is 0. The molecule has 1 aliphatic heterocycles. The molecule has 0 spiro atoms. The normalized spacial score (nSPS) is 16.1. The average Bonchev–Trinajstić information content (AvgIpc) is 2.74. The molecule has 1 aliphatic rings. The van der Waals surface area contributed by atoms with Gasteiger partial charge >= 0.3 is 12.0 Å². The second kappa shape index (κ2) is 9.42. The van der Waals surface area contributed by atoms with Crippen LogP contribution in [0.4, 0.5) is 14.9 Å². The van der Waals surface area contributed by atoms with Crippen LogP contribution in [-0.4, -0.2) is 36.0 Å². The molecule has 0 aliphatic carbocycles. The highest BCUT2D eigenvalue weighted by Crippen LogP contribution is 2.31. The Morgan fingerprint density at radius 1 is 1.13 bits per heavy atom. The first-order chi connectivity index (χ1) is 14.9. The Balaban J connectivity index is 1.87. The Hall–Kier alpha value is -3.68. The van der Waals surface area contributed by atoms with Gasteiger partial charge in [0.15, 0.2) is 0 Å². The number of anilines is 1. The van der Waals surface area contributed by atoms with Crippen LogP contribution in [0.25, 0.3) is 0 Å². The van der Waals surface area contributed by atoms with Crippen LogP contribution in [0.3, 0.4) is 0 Å². The number of amides is 3. The number of hydrogen-bond donors (Lipinski definition) is 2. The van der Waals surface area contributed by atoms with Crippen molar-refractivity contribution in [1.29, 1.82) is 0 Å². The lowest BCUT2D eigenvalue weighted by atomic mass is 9.94. The molecule has 8 heteroatoms. The number of hydrogen-bond acceptors (Lipinski definition) is 4. The predicted molar refractivity (Wildman–Crippen MR) is 114 cm³/mol. The predicted octanol–water partition coefficient (Wildman–Crippen LogP) is 4.00. The van der Waals surface area contributed by atoms with Gasteiger partial charge in [-0.15, -0.1) is 0 Å². The number of rotatable bonds is 6. The van der Waals surface area contributed by atoms with E-state index in [1.165, 1.54) is 23.1 Å². The van der Waals surface area contributed by atoms with Gasteiger partial charge in [-0.2, -0.15) is 0 Å². The summed E-state index contributed by atoms with van der Waals surface area (Å²) < 4.78 is 19.0. The van der Waals surface area contributed by atoms with E-state index in [1.807, 2.05) is 6.92 Å². The van der Waals surface area contributed by atoms with Crippen LogP contribution in [0.15, 0.2) is 59.8 Å². The summed E-state index contributed by atoms with van der Waals surface area (Å²) in [4.78, 5) is 38.9. The molecule has 1 atom stereocenters. The van der Waals surface area contributed by atoms with Crippen molar-refractivity contribution in [2.75, 3.05) is 18.5 Å². The Bertz CT molecular complexity index is 1030. The summed E-state index contributed by atoms with van der Waals surface area (Å²) in [5.41, 5.74) is 1.93. The van der Waals surface area contributed by atoms with Crippen molar-refractivity contribution in [2.45, 2.75) is 26.8 Å². The fraction of sp³-hybridized carbons (Fsp3) is 0.261. The molecule has 0 fully saturated rings. The number of nitrogens with zero attached hydrogens (tertiary/aromatic N) is 1. The van der Waals surface area contributed by atoms with Gasteiger partial charge in [0.1, 0.15) is 5.82 Å². The minimum atomic E-state index is -0.689. The second-order valence-corrected chi connectivity index (χ2v) is 6.90. The highest BCUT2D eigenvalue weighted by molar-refractivity contribution is 6.04. The number of ether oxygens (including phenoxy) is 1. The molecule has 0 aromatic heterocycles. The fourth-order valence-electron chi connectivity index (χ4n) is 3.49. The Labute approximate surface area is 179 Å². The molecule has 3 rings (SSSR count). The summed E-state index contributed by atoms with van der Waals surface area (Å²) in [6.07, 6.45) is 0. The van der Waals surface area contributed by atoms with Gasteiger partial charge in [0.25, 0.3) is 5.91 Å². The number of carbonyl (C=O) groups is 3. The maximum absolute atomic E-state index is 13.8. The zero-order valence-corrected chi connectivity index (χ0v) is 17.6. The summed E-state index contributed by atoms with van der Waals surface area (Å²) in [7, 11) is 0. The van der Waals surface area contributed by atoms with E-state index in [1.54, 1.807) is 44.2 Å². The molecule has 0 saturated carbocycles. The number of esters is 1. The van der Waals surface area contributed by atoms with Crippen molar-refractivity contribution in [3.05, 3.63) is 76.7 Å². The maximum atomic E-state index is 13.8. The lowest BCUT2D eigenvalue weighted by molar-refractivity contribution is -0.139. The fourth-order valence-corrected chi connectivity index (χ4v) is 3.49. The molecule has 0 radical (unpaired) electrons. The minimum absolute atomic E-state index is 0.0612. The van der Waals surface area contributed by atoms with Crippen LogP contribution in [-0.2, 0) is 9.53 Å². The Morgan fingerprint density at radius 2 is 1.81 bits per heavy atom. The average molecular weight is 425 g/mol. The molecule has 0 saturated heterocycles. The Morgan fingerprint density at radius 3 is 2.42 bits per heavy atom. The number of benzene rings is 2. The van der Waals surface area contributed by atoms with Crippen molar-refractivity contribution in [2.24, 2.45) is 0 Å². The summed E-state index contributed by atoms with van der Waals surface area (Å²) in [6.45, 7) is 5.87. The van der Waals surface area contributed by atoms with Crippen molar-refractivity contribution in [3.63, 3.8) is 0 Å². The molecular formula is C23H24FN3O4. The quantitative estimate of drug-likeness (QED) is 0.685. The molecule has 1 unspecified atom stereocenters. The molecule has 2 N–H and O–H groups in total. The third-order valence-corrected chi connectivity index (χ3v) is 5.03. The number of halogens is 1. The molecular weight excluding hydrogens is 401 g/mol. The summed E-state index contributed by atoms with van der Waals surface area (Å²) in [5, 5.41) is 5.48. The molecule has 7 nitrogen and oxygen atoms in total. The monoisotopic (exact) mass is 425 g/mol. The third kappa shape index (κ3) is 4.58. The first-order valence-electron chi connectivity index (χ1n) is 9.99. The number of allylic oxidation sites excluding steroid dienone is 1. The number of urea groups is 1. The highest BCUT2D eigenvalue weighted by Gasteiger charge is 2.35. The van der Waals surface area contributed by atoms with Crippen LogP contribution in [0.1, 0.15) is 42.7 Å². The maximum Gasteiger partial charge on any atom is 0.338 e. The van der Waals surface area contributed by atoms with Crippen LogP contribution in [0.2, 0.25) is 0 Å². The molecule has 162 valence electrons. The van der Waals surface area contributed by atoms with Crippen LogP contribution in [0, 0.1) is 5.82 Å². The summed E-state index contributed by atoms with van der Waals surface area (Å²) in [6, 6.07) is 11.3. The molecule has 3 amide bonds. The third-order valence-electron chi connectivity index (χ3n) is 5.03. The SMILES string of the molecule is CCOC(=O)C1=C(C)N(CC)C(=O)NC1c1ccc(NC(=O)c2ccccc2F)cc1. The van der Waals surface area contributed by atoms with E-state index in [2.05, 4.69) is 10.6 Å². The van der Waals surface area contributed by atoms with E-state index in [4.69, 9.17) is 4.74 Å². The molecule has 1 heterocycles. The zero-order valence-electron chi connectivity index (χ0n) is 17.6. The van der Waals surface area contributed by atoms with E-state index >= 15 is 0 Å². The smallest absolute Gasteiger partial charge is 0.338 e. The van der Waals surface area contributed by atoms with Crippen molar-refractivity contribution >= 4 is 23.6 Å². The second-order valence-electron chi connectivity index (χ2n) is 6.90. The molecule has 0 bridgehead atoms. The molecule has 31 heavy (non-hydrogen) atoms. The lowest BCUT2D eigenvalue weighted by Gasteiger charge is -2.34. The van der Waals surface area contributed by atoms with Crippen molar-refractivity contribution in [3.8, 4) is 0 Å². The number of carbonyl (C=O) groups excluding carboxylic acids is 3. The van der Waals surface area contributed by atoms with Gasteiger partial charge in [0.05, 0.1) is 23.8 Å². The first kappa shape index (κ1) is 22.0. The standard InChI is InChI=1S/C23H24FN3O4/c1-4-27-14(3)19(22(29)31-5-2)20(26-23(27)30)15-10-12-16(13-11-15)25-21(28)17-8-6-7-9-18(17)24/h6-13,20H,4-5H2,1-3H3,(H,25,28)(H,26,30). The van der Waals surface area contributed by atoms with E-state index < -0.39 is 23.7 Å². The van der Waals surface area contributed by atoms with Crippen LogP contribution in [0.5, 0.6) is 0 Å². The van der Waals surface area contributed by atoms with E-state index in [9.17, 15) is 18.8 Å². The van der Waals surface area contributed by atoms with E-state index in [-0.39, 0.29) is 18.2 Å². The molecule has 2 aromatic carbocycles. The van der Waals surface area contributed by atoms with Crippen molar-refractivity contribution < 1.29 is 23.5 Å².